The second-order valence-electron chi connectivity index (χ2n) is 4.18. The summed E-state index contributed by atoms with van der Waals surface area (Å²) in [5.41, 5.74) is 1.65. The molecule has 0 bridgehead atoms. The Bertz CT molecular complexity index is 420. The number of cyclic esters (lactones) is 1. The van der Waals surface area contributed by atoms with E-state index in [1.54, 1.807) is 12.1 Å². The van der Waals surface area contributed by atoms with Crippen LogP contribution in [0.25, 0.3) is 0 Å². The predicted octanol–water partition coefficient (Wildman–Crippen LogP) is 2.65. The number of nitrogens with zero attached hydrogens (tertiary/aromatic N) is 1. The van der Waals surface area contributed by atoms with Crippen molar-refractivity contribution in [3.63, 3.8) is 0 Å². The van der Waals surface area contributed by atoms with Gasteiger partial charge in [-0.25, -0.2) is 9.69 Å². The summed E-state index contributed by atoms with van der Waals surface area (Å²) in [5, 5.41) is 0. The van der Waals surface area contributed by atoms with Crippen LogP contribution in [0.1, 0.15) is 25.3 Å². The first-order chi connectivity index (χ1) is 8.11. The summed E-state index contributed by atoms with van der Waals surface area (Å²) in [6, 6.07) is 7.23. The van der Waals surface area contributed by atoms with Gasteiger partial charge in [-0.15, -0.1) is 0 Å². The van der Waals surface area contributed by atoms with E-state index in [-0.39, 0.29) is 18.4 Å². The quantitative estimate of drug-likeness (QED) is 0.788. The summed E-state index contributed by atoms with van der Waals surface area (Å²) >= 11 is 0. The van der Waals surface area contributed by atoms with E-state index in [4.69, 9.17) is 4.74 Å². The van der Waals surface area contributed by atoms with E-state index in [9.17, 15) is 9.59 Å². The molecule has 1 aliphatic rings. The number of ether oxygens (including phenoxy) is 1. The zero-order valence-electron chi connectivity index (χ0n) is 9.97. The SMILES string of the molecule is CCC1CC(=O)N(c2ccc(C)cc2)C(=O)O1. The van der Waals surface area contributed by atoms with Gasteiger partial charge in [0.2, 0.25) is 5.91 Å². The second kappa shape index (κ2) is 4.57. The van der Waals surface area contributed by atoms with Gasteiger partial charge in [0.15, 0.2) is 0 Å². The molecule has 1 saturated heterocycles. The molecule has 0 N–H and O–H groups in total. The van der Waals surface area contributed by atoms with Gasteiger partial charge in [0, 0.05) is 0 Å². The fourth-order valence-corrected chi connectivity index (χ4v) is 1.80. The molecule has 90 valence electrons. The van der Waals surface area contributed by atoms with E-state index >= 15 is 0 Å². The third-order valence-corrected chi connectivity index (χ3v) is 2.85. The highest BCUT2D eigenvalue weighted by molar-refractivity contribution is 6.13. The molecular weight excluding hydrogens is 218 g/mol. The summed E-state index contributed by atoms with van der Waals surface area (Å²) in [6.45, 7) is 3.85. The first kappa shape index (κ1) is 11.6. The first-order valence-electron chi connectivity index (χ1n) is 5.72. The van der Waals surface area contributed by atoms with E-state index in [1.165, 1.54) is 0 Å². The molecular formula is C13H15NO3. The fraction of sp³-hybridized carbons (Fsp3) is 0.385. The van der Waals surface area contributed by atoms with Crippen LogP contribution in [0, 0.1) is 6.92 Å². The molecule has 0 spiro atoms. The molecule has 1 heterocycles. The molecule has 0 radical (unpaired) electrons. The normalized spacial score (nSPS) is 20.4. The lowest BCUT2D eigenvalue weighted by molar-refractivity contribution is -0.122. The van der Waals surface area contributed by atoms with Crippen molar-refractivity contribution in [1.82, 2.24) is 0 Å². The number of imide groups is 1. The molecule has 1 aliphatic heterocycles. The summed E-state index contributed by atoms with van der Waals surface area (Å²) in [7, 11) is 0. The van der Waals surface area contributed by atoms with Crippen molar-refractivity contribution in [2.24, 2.45) is 0 Å². The Kier molecular flexibility index (Phi) is 3.13. The van der Waals surface area contributed by atoms with E-state index in [1.807, 2.05) is 26.0 Å². The number of carbonyl (C=O) groups is 2. The minimum Gasteiger partial charge on any atom is -0.445 e. The average molecular weight is 233 g/mol. The molecule has 2 amide bonds. The van der Waals surface area contributed by atoms with E-state index in [2.05, 4.69) is 0 Å². The lowest BCUT2D eigenvalue weighted by Crippen LogP contribution is -2.46. The fourth-order valence-electron chi connectivity index (χ4n) is 1.80. The maximum Gasteiger partial charge on any atom is 0.421 e. The van der Waals surface area contributed by atoms with Crippen molar-refractivity contribution in [3.05, 3.63) is 29.8 Å². The summed E-state index contributed by atoms with van der Waals surface area (Å²) in [4.78, 5) is 24.7. The summed E-state index contributed by atoms with van der Waals surface area (Å²) in [6.07, 6.45) is 0.0728. The molecule has 1 unspecified atom stereocenters. The Morgan fingerprint density at radius 3 is 2.47 bits per heavy atom. The Hall–Kier alpha value is -1.84. The number of hydrogen-bond acceptors (Lipinski definition) is 3. The van der Waals surface area contributed by atoms with Crippen LogP contribution < -0.4 is 4.90 Å². The Morgan fingerprint density at radius 2 is 1.94 bits per heavy atom. The van der Waals surface area contributed by atoms with Crippen molar-refractivity contribution in [3.8, 4) is 0 Å². The molecule has 4 nitrogen and oxygen atoms in total. The topological polar surface area (TPSA) is 46.6 Å². The van der Waals surface area contributed by atoms with Crippen LogP contribution in [0.3, 0.4) is 0 Å². The highest BCUT2D eigenvalue weighted by Gasteiger charge is 2.34. The van der Waals surface area contributed by atoms with Gasteiger partial charge in [-0.2, -0.15) is 0 Å². The van der Waals surface area contributed by atoms with Gasteiger partial charge in [0.1, 0.15) is 6.10 Å². The zero-order chi connectivity index (χ0) is 12.4. The van der Waals surface area contributed by atoms with Crippen molar-refractivity contribution >= 4 is 17.7 Å². The summed E-state index contributed by atoms with van der Waals surface area (Å²) < 4.78 is 5.17. The molecule has 1 aromatic carbocycles. The Labute approximate surface area is 100 Å². The first-order valence-corrected chi connectivity index (χ1v) is 5.72. The summed E-state index contributed by atoms with van der Waals surface area (Å²) in [5.74, 6) is -0.197. The lowest BCUT2D eigenvalue weighted by atomic mass is 10.1. The van der Waals surface area contributed by atoms with Crippen LogP contribution in [0.2, 0.25) is 0 Å². The molecule has 17 heavy (non-hydrogen) atoms. The number of anilines is 1. The van der Waals surface area contributed by atoms with Gasteiger partial charge in [0.05, 0.1) is 12.1 Å². The third-order valence-electron chi connectivity index (χ3n) is 2.85. The van der Waals surface area contributed by atoms with Gasteiger partial charge < -0.3 is 4.74 Å². The van der Waals surface area contributed by atoms with Crippen LogP contribution in [0.4, 0.5) is 10.5 Å². The number of benzene rings is 1. The van der Waals surface area contributed by atoms with Crippen molar-refractivity contribution in [2.75, 3.05) is 4.90 Å². The smallest absolute Gasteiger partial charge is 0.421 e. The van der Waals surface area contributed by atoms with Crippen molar-refractivity contribution < 1.29 is 14.3 Å². The minimum atomic E-state index is -0.572. The van der Waals surface area contributed by atoms with Gasteiger partial charge in [-0.05, 0) is 25.5 Å². The molecule has 1 atom stereocenters. The zero-order valence-corrected chi connectivity index (χ0v) is 9.97. The Balaban J connectivity index is 2.24. The third kappa shape index (κ3) is 2.30. The van der Waals surface area contributed by atoms with Crippen molar-refractivity contribution in [1.29, 1.82) is 0 Å². The largest absolute Gasteiger partial charge is 0.445 e. The van der Waals surface area contributed by atoms with E-state index in [0.29, 0.717) is 12.1 Å². The number of carbonyl (C=O) groups excluding carboxylic acids is 2. The van der Waals surface area contributed by atoms with Gasteiger partial charge in [-0.3, -0.25) is 4.79 Å². The second-order valence-corrected chi connectivity index (χ2v) is 4.18. The number of hydrogen-bond donors (Lipinski definition) is 0. The maximum absolute atomic E-state index is 11.9. The predicted molar refractivity (Wildman–Crippen MR) is 63.8 cm³/mol. The van der Waals surface area contributed by atoms with Gasteiger partial charge in [0.25, 0.3) is 0 Å². The monoisotopic (exact) mass is 233 g/mol. The van der Waals surface area contributed by atoms with Gasteiger partial charge in [-0.1, -0.05) is 24.6 Å². The molecule has 1 aromatic rings. The van der Waals surface area contributed by atoms with Crippen LogP contribution >= 0.6 is 0 Å². The van der Waals surface area contributed by atoms with Crippen LogP contribution in [-0.2, 0) is 9.53 Å². The van der Waals surface area contributed by atoms with Crippen LogP contribution in [0.5, 0.6) is 0 Å². The number of rotatable bonds is 2. The van der Waals surface area contributed by atoms with Crippen LogP contribution in [-0.4, -0.2) is 18.1 Å². The maximum atomic E-state index is 11.9. The molecule has 0 aliphatic carbocycles. The minimum absolute atomic E-state index is 0.197. The Morgan fingerprint density at radius 1 is 1.29 bits per heavy atom. The highest BCUT2D eigenvalue weighted by atomic mass is 16.6. The lowest BCUT2D eigenvalue weighted by Gasteiger charge is -2.29. The van der Waals surface area contributed by atoms with Crippen molar-refractivity contribution in [2.45, 2.75) is 32.8 Å². The number of amides is 2. The molecule has 0 aromatic heterocycles. The van der Waals surface area contributed by atoms with E-state index < -0.39 is 6.09 Å². The van der Waals surface area contributed by atoms with E-state index in [0.717, 1.165) is 10.5 Å². The number of aryl methyl sites for hydroxylation is 1. The molecule has 1 fully saturated rings. The molecule has 2 rings (SSSR count). The average Bonchev–Trinajstić information content (AvgIpc) is 2.30. The molecule has 0 saturated carbocycles. The molecule has 4 heteroatoms. The van der Waals surface area contributed by atoms with Crippen LogP contribution in [0.15, 0.2) is 24.3 Å². The highest BCUT2D eigenvalue weighted by Crippen LogP contribution is 2.23. The van der Waals surface area contributed by atoms with Gasteiger partial charge >= 0.3 is 6.09 Å². The standard InChI is InChI=1S/C13H15NO3/c1-3-11-8-12(15)14(13(16)17-11)10-6-4-9(2)5-7-10/h4-7,11H,3,8H2,1-2H3.